The van der Waals surface area contributed by atoms with E-state index in [1.165, 1.54) is 5.56 Å². The normalized spacial score (nSPS) is 10.7. The summed E-state index contributed by atoms with van der Waals surface area (Å²) in [6.45, 7) is 2.51. The van der Waals surface area contributed by atoms with Crippen molar-refractivity contribution in [2.75, 3.05) is 20.1 Å². The molecule has 106 valence electrons. The highest BCUT2D eigenvalue weighted by Crippen LogP contribution is 2.02. The number of aromatic amines is 1. The van der Waals surface area contributed by atoms with E-state index in [0.717, 1.165) is 19.5 Å². The highest BCUT2D eigenvalue weighted by Gasteiger charge is 2.06. The van der Waals surface area contributed by atoms with Crippen LogP contribution in [0, 0.1) is 0 Å². The lowest BCUT2D eigenvalue weighted by atomic mass is 10.2. The maximum Gasteiger partial charge on any atom is 0.287 e. The molecule has 20 heavy (non-hydrogen) atoms. The summed E-state index contributed by atoms with van der Waals surface area (Å²) in [5, 5.41) is 2.84. The van der Waals surface area contributed by atoms with Crippen LogP contribution in [0.1, 0.15) is 22.6 Å². The van der Waals surface area contributed by atoms with Crippen LogP contribution in [0.15, 0.2) is 42.7 Å². The molecule has 0 fully saturated rings. The van der Waals surface area contributed by atoms with Gasteiger partial charge in [0.1, 0.15) is 0 Å². The van der Waals surface area contributed by atoms with Crippen LogP contribution in [0.3, 0.4) is 0 Å². The summed E-state index contributed by atoms with van der Waals surface area (Å²) in [7, 11) is 2.08. The lowest BCUT2D eigenvalue weighted by molar-refractivity contribution is 0.0942. The fraction of sp³-hybridized carbons (Fsp3) is 0.333. The van der Waals surface area contributed by atoms with Crippen molar-refractivity contribution in [3.8, 4) is 0 Å². The number of carbonyl (C=O) groups excluding carboxylic acids is 1. The summed E-state index contributed by atoms with van der Waals surface area (Å²) in [5.74, 6) is 0.211. The summed E-state index contributed by atoms with van der Waals surface area (Å²) < 4.78 is 0. The molecule has 1 aromatic carbocycles. The van der Waals surface area contributed by atoms with Crippen molar-refractivity contribution in [2.45, 2.75) is 13.0 Å². The van der Waals surface area contributed by atoms with E-state index in [1.54, 1.807) is 12.4 Å². The smallest absolute Gasteiger partial charge is 0.287 e. The monoisotopic (exact) mass is 272 g/mol. The largest absolute Gasteiger partial charge is 0.349 e. The number of imidazole rings is 1. The SMILES string of the molecule is CN(CCCNC(=O)c1ncc[nH]1)Cc1ccccc1. The van der Waals surface area contributed by atoms with Gasteiger partial charge in [-0.15, -0.1) is 0 Å². The van der Waals surface area contributed by atoms with Crippen molar-refractivity contribution in [3.05, 3.63) is 54.1 Å². The van der Waals surface area contributed by atoms with Gasteiger partial charge < -0.3 is 15.2 Å². The molecule has 0 aliphatic carbocycles. The highest BCUT2D eigenvalue weighted by molar-refractivity contribution is 5.90. The zero-order valence-corrected chi connectivity index (χ0v) is 11.7. The Morgan fingerprint density at radius 1 is 1.35 bits per heavy atom. The van der Waals surface area contributed by atoms with Crippen molar-refractivity contribution >= 4 is 5.91 Å². The molecule has 0 saturated carbocycles. The Morgan fingerprint density at radius 3 is 2.85 bits per heavy atom. The van der Waals surface area contributed by atoms with Gasteiger partial charge >= 0.3 is 0 Å². The minimum atomic E-state index is -0.152. The van der Waals surface area contributed by atoms with Gasteiger partial charge in [0.15, 0.2) is 5.82 Å². The first-order chi connectivity index (χ1) is 9.75. The summed E-state index contributed by atoms with van der Waals surface area (Å²) >= 11 is 0. The molecule has 2 rings (SSSR count). The maximum atomic E-state index is 11.6. The summed E-state index contributed by atoms with van der Waals surface area (Å²) in [6, 6.07) is 10.4. The first kappa shape index (κ1) is 14.3. The Bertz CT molecular complexity index is 510. The van der Waals surface area contributed by atoms with Crippen molar-refractivity contribution in [2.24, 2.45) is 0 Å². The van der Waals surface area contributed by atoms with Crippen LogP contribution >= 0.6 is 0 Å². The van der Waals surface area contributed by atoms with Crippen LogP contribution in [0.5, 0.6) is 0 Å². The van der Waals surface area contributed by atoms with Crippen molar-refractivity contribution < 1.29 is 4.79 Å². The van der Waals surface area contributed by atoms with Gasteiger partial charge in [0.2, 0.25) is 0 Å². The molecule has 2 aromatic rings. The van der Waals surface area contributed by atoms with Gasteiger partial charge in [0.05, 0.1) is 0 Å². The van der Waals surface area contributed by atoms with E-state index >= 15 is 0 Å². The molecule has 0 bridgehead atoms. The highest BCUT2D eigenvalue weighted by atomic mass is 16.2. The minimum Gasteiger partial charge on any atom is -0.349 e. The molecule has 0 saturated heterocycles. The zero-order valence-electron chi connectivity index (χ0n) is 11.7. The Balaban J connectivity index is 1.62. The van der Waals surface area contributed by atoms with Gasteiger partial charge in [-0.2, -0.15) is 0 Å². The molecule has 0 unspecified atom stereocenters. The van der Waals surface area contributed by atoms with E-state index in [-0.39, 0.29) is 5.91 Å². The van der Waals surface area contributed by atoms with Crippen molar-refractivity contribution in [1.82, 2.24) is 20.2 Å². The lowest BCUT2D eigenvalue weighted by Crippen LogP contribution is -2.28. The van der Waals surface area contributed by atoms with Gasteiger partial charge in [0.25, 0.3) is 5.91 Å². The number of hydrogen-bond donors (Lipinski definition) is 2. The number of hydrogen-bond acceptors (Lipinski definition) is 3. The van der Waals surface area contributed by atoms with Crippen molar-refractivity contribution in [1.29, 1.82) is 0 Å². The topological polar surface area (TPSA) is 61.0 Å². The number of aromatic nitrogens is 2. The standard InChI is InChI=1S/C15H20N4O/c1-19(12-13-6-3-2-4-7-13)11-5-8-18-15(20)14-16-9-10-17-14/h2-4,6-7,9-10H,5,8,11-12H2,1H3,(H,16,17)(H,18,20). The lowest BCUT2D eigenvalue weighted by Gasteiger charge is -2.16. The minimum absolute atomic E-state index is 0.152. The van der Waals surface area contributed by atoms with Crippen LogP contribution in [0.2, 0.25) is 0 Å². The third-order valence-electron chi connectivity index (χ3n) is 3.01. The predicted molar refractivity (Wildman–Crippen MR) is 78.3 cm³/mol. The molecule has 2 N–H and O–H groups in total. The molecule has 0 atom stereocenters. The molecule has 5 heteroatoms. The molecule has 1 heterocycles. The van der Waals surface area contributed by atoms with Crippen LogP contribution in [0.25, 0.3) is 0 Å². The molecular formula is C15H20N4O. The Kier molecular flexibility index (Phi) is 5.32. The average Bonchev–Trinajstić information content (AvgIpc) is 2.99. The van der Waals surface area contributed by atoms with Crippen LogP contribution in [-0.2, 0) is 6.54 Å². The second-order valence-electron chi connectivity index (χ2n) is 4.77. The summed E-state index contributed by atoms with van der Waals surface area (Å²) in [5.41, 5.74) is 1.30. The Morgan fingerprint density at radius 2 is 2.15 bits per heavy atom. The number of rotatable bonds is 7. The maximum absolute atomic E-state index is 11.6. The van der Waals surface area contributed by atoms with E-state index in [0.29, 0.717) is 12.4 Å². The van der Waals surface area contributed by atoms with E-state index in [1.807, 2.05) is 18.2 Å². The second kappa shape index (κ2) is 7.45. The van der Waals surface area contributed by atoms with E-state index in [9.17, 15) is 4.79 Å². The van der Waals surface area contributed by atoms with E-state index in [2.05, 4.69) is 39.4 Å². The Hall–Kier alpha value is -2.14. The van der Waals surface area contributed by atoms with Crippen LogP contribution < -0.4 is 5.32 Å². The first-order valence-corrected chi connectivity index (χ1v) is 6.76. The van der Waals surface area contributed by atoms with Gasteiger partial charge in [-0.1, -0.05) is 30.3 Å². The third kappa shape index (κ3) is 4.51. The molecule has 0 radical (unpaired) electrons. The summed E-state index contributed by atoms with van der Waals surface area (Å²) in [4.78, 5) is 20.6. The second-order valence-corrected chi connectivity index (χ2v) is 4.77. The van der Waals surface area contributed by atoms with E-state index < -0.39 is 0 Å². The number of nitrogens with zero attached hydrogens (tertiary/aromatic N) is 2. The predicted octanol–water partition coefficient (Wildman–Crippen LogP) is 1.66. The average molecular weight is 272 g/mol. The molecule has 1 amide bonds. The van der Waals surface area contributed by atoms with Crippen LogP contribution in [0.4, 0.5) is 0 Å². The van der Waals surface area contributed by atoms with Gasteiger partial charge in [-0.05, 0) is 25.6 Å². The third-order valence-corrected chi connectivity index (χ3v) is 3.01. The van der Waals surface area contributed by atoms with Gasteiger partial charge in [-0.3, -0.25) is 4.79 Å². The van der Waals surface area contributed by atoms with Gasteiger partial charge in [-0.25, -0.2) is 4.98 Å². The quantitative estimate of drug-likeness (QED) is 0.754. The molecular weight excluding hydrogens is 252 g/mol. The molecule has 1 aromatic heterocycles. The Labute approximate surface area is 119 Å². The molecule has 0 spiro atoms. The fourth-order valence-corrected chi connectivity index (χ4v) is 2.00. The molecule has 0 aliphatic heterocycles. The molecule has 0 aliphatic rings. The number of nitrogens with one attached hydrogen (secondary N) is 2. The number of amides is 1. The fourth-order valence-electron chi connectivity index (χ4n) is 2.00. The van der Waals surface area contributed by atoms with Crippen molar-refractivity contribution in [3.63, 3.8) is 0 Å². The van der Waals surface area contributed by atoms with E-state index in [4.69, 9.17) is 0 Å². The number of carbonyl (C=O) groups is 1. The van der Waals surface area contributed by atoms with Crippen LogP contribution in [-0.4, -0.2) is 40.9 Å². The van der Waals surface area contributed by atoms with Gasteiger partial charge in [0, 0.05) is 25.5 Å². The summed E-state index contributed by atoms with van der Waals surface area (Å²) in [6.07, 6.45) is 4.13. The first-order valence-electron chi connectivity index (χ1n) is 6.76. The number of benzene rings is 1. The zero-order chi connectivity index (χ0) is 14.2. The number of H-pyrrole nitrogens is 1. The molecule has 5 nitrogen and oxygen atoms in total.